The third-order valence-corrected chi connectivity index (χ3v) is 3.62. The Labute approximate surface area is 104 Å². The van der Waals surface area contributed by atoms with Gasteiger partial charge in [-0.15, -0.1) is 0 Å². The van der Waals surface area contributed by atoms with Gasteiger partial charge in [0.15, 0.2) is 0 Å². The van der Waals surface area contributed by atoms with Crippen molar-refractivity contribution < 1.29 is 4.74 Å². The lowest BCUT2D eigenvalue weighted by Gasteiger charge is -2.21. The predicted molar refractivity (Wildman–Crippen MR) is 72.3 cm³/mol. The van der Waals surface area contributed by atoms with Crippen molar-refractivity contribution >= 4 is 11.4 Å². The van der Waals surface area contributed by atoms with Crippen LogP contribution >= 0.6 is 0 Å². The van der Waals surface area contributed by atoms with Crippen molar-refractivity contribution in [2.75, 3.05) is 7.11 Å². The molecule has 17 heavy (non-hydrogen) atoms. The van der Waals surface area contributed by atoms with Crippen molar-refractivity contribution in [1.82, 2.24) is 0 Å². The fourth-order valence-electron chi connectivity index (χ4n) is 2.37. The fourth-order valence-corrected chi connectivity index (χ4v) is 2.37. The van der Waals surface area contributed by atoms with Gasteiger partial charge in [0, 0.05) is 5.71 Å². The Morgan fingerprint density at radius 2 is 1.82 bits per heavy atom. The number of aliphatic imine (C=N–C) groups is 1. The Hall–Kier alpha value is -1.31. The molecule has 0 aromatic heterocycles. The average molecular weight is 231 g/mol. The quantitative estimate of drug-likeness (QED) is 0.757. The molecule has 0 heterocycles. The van der Waals surface area contributed by atoms with Crippen LogP contribution in [0.25, 0.3) is 0 Å². The first-order valence-electron chi connectivity index (χ1n) is 6.52. The van der Waals surface area contributed by atoms with Crippen molar-refractivity contribution in [2.24, 2.45) is 10.9 Å². The summed E-state index contributed by atoms with van der Waals surface area (Å²) in [5.41, 5.74) is 2.41. The summed E-state index contributed by atoms with van der Waals surface area (Å²) in [5.74, 6) is 1.81. The molecule has 0 amide bonds. The molecular weight excluding hydrogens is 210 g/mol. The van der Waals surface area contributed by atoms with Crippen LogP contribution in [0.15, 0.2) is 29.3 Å². The van der Waals surface area contributed by atoms with Crippen molar-refractivity contribution in [3.63, 3.8) is 0 Å². The summed E-state index contributed by atoms with van der Waals surface area (Å²) < 4.78 is 5.14. The first-order chi connectivity index (χ1) is 8.31. The summed E-state index contributed by atoms with van der Waals surface area (Å²) >= 11 is 0. The molecule has 1 aromatic carbocycles. The third-order valence-electron chi connectivity index (χ3n) is 3.62. The Morgan fingerprint density at radius 1 is 1.18 bits per heavy atom. The zero-order valence-electron chi connectivity index (χ0n) is 10.8. The average Bonchev–Trinajstić information content (AvgIpc) is 2.40. The first kappa shape index (κ1) is 12.2. The van der Waals surface area contributed by atoms with E-state index in [4.69, 9.17) is 9.73 Å². The SMILES string of the molecule is CCC1CCC(=Nc2ccc(OC)cc2)CC1. The van der Waals surface area contributed by atoms with Crippen LogP contribution in [0, 0.1) is 5.92 Å². The number of hydrogen-bond acceptors (Lipinski definition) is 2. The van der Waals surface area contributed by atoms with E-state index in [1.807, 2.05) is 24.3 Å². The minimum absolute atomic E-state index is 0.892. The van der Waals surface area contributed by atoms with Gasteiger partial charge < -0.3 is 4.74 Å². The summed E-state index contributed by atoms with van der Waals surface area (Å²) in [6.07, 6.45) is 6.28. The summed E-state index contributed by atoms with van der Waals surface area (Å²) in [6, 6.07) is 7.99. The summed E-state index contributed by atoms with van der Waals surface area (Å²) in [4.78, 5) is 4.72. The zero-order valence-corrected chi connectivity index (χ0v) is 10.8. The number of hydrogen-bond donors (Lipinski definition) is 0. The summed E-state index contributed by atoms with van der Waals surface area (Å²) in [7, 11) is 1.69. The van der Waals surface area contributed by atoms with Crippen molar-refractivity contribution in [1.29, 1.82) is 0 Å². The third kappa shape index (κ3) is 3.32. The predicted octanol–water partition coefficient (Wildman–Crippen LogP) is 4.37. The molecule has 2 nitrogen and oxygen atoms in total. The maximum Gasteiger partial charge on any atom is 0.119 e. The molecular formula is C15H21NO. The Bertz CT molecular complexity index is 370. The van der Waals surface area contributed by atoms with Crippen LogP contribution in [-0.4, -0.2) is 12.8 Å². The van der Waals surface area contributed by atoms with Crippen LogP contribution in [0.3, 0.4) is 0 Å². The molecule has 92 valence electrons. The van der Waals surface area contributed by atoms with Gasteiger partial charge in [-0.25, -0.2) is 0 Å². The summed E-state index contributed by atoms with van der Waals surface area (Å²) in [5, 5.41) is 0. The molecule has 0 spiro atoms. The molecule has 2 rings (SSSR count). The lowest BCUT2D eigenvalue weighted by Crippen LogP contribution is -2.13. The van der Waals surface area contributed by atoms with Gasteiger partial charge in [-0.2, -0.15) is 0 Å². The standard InChI is InChI=1S/C15H21NO/c1-3-12-4-6-13(7-5-12)16-14-8-10-15(17-2)11-9-14/h8-12H,3-7H2,1-2H3. The van der Waals surface area contributed by atoms with E-state index in [9.17, 15) is 0 Å². The molecule has 0 saturated heterocycles. The van der Waals surface area contributed by atoms with Crippen LogP contribution in [-0.2, 0) is 0 Å². The molecule has 1 aliphatic rings. The van der Waals surface area contributed by atoms with Crippen LogP contribution in [0.1, 0.15) is 39.0 Å². The van der Waals surface area contributed by atoms with Gasteiger partial charge >= 0.3 is 0 Å². The van der Waals surface area contributed by atoms with Gasteiger partial charge in [-0.05, 0) is 55.9 Å². The maximum atomic E-state index is 5.14. The highest BCUT2D eigenvalue weighted by molar-refractivity contribution is 5.87. The van der Waals surface area contributed by atoms with Crippen molar-refractivity contribution in [2.45, 2.75) is 39.0 Å². The molecule has 2 heteroatoms. The molecule has 1 aromatic rings. The van der Waals surface area contributed by atoms with Crippen molar-refractivity contribution in [3.05, 3.63) is 24.3 Å². The molecule has 0 N–H and O–H groups in total. The van der Waals surface area contributed by atoms with Gasteiger partial charge in [0.2, 0.25) is 0 Å². The highest BCUT2D eigenvalue weighted by atomic mass is 16.5. The fraction of sp³-hybridized carbons (Fsp3) is 0.533. The minimum atomic E-state index is 0.892. The molecule has 0 atom stereocenters. The first-order valence-corrected chi connectivity index (χ1v) is 6.52. The van der Waals surface area contributed by atoms with E-state index in [0.29, 0.717) is 0 Å². The van der Waals surface area contributed by atoms with E-state index >= 15 is 0 Å². The second-order valence-corrected chi connectivity index (χ2v) is 4.73. The summed E-state index contributed by atoms with van der Waals surface area (Å²) in [6.45, 7) is 2.29. The monoisotopic (exact) mass is 231 g/mol. The van der Waals surface area contributed by atoms with Gasteiger partial charge in [0.1, 0.15) is 5.75 Å². The van der Waals surface area contributed by atoms with Crippen molar-refractivity contribution in [3.8, 4) is 5.75 Å². The highest BCUT2D eigenvalue weighted by Gasteiger charge is 2.15. The van der Waals surface area contributed by atoms with Gasteiger partial charge in [-0.3, -0.25) is 4.99 Å². The van der Waals surface area contributed by atoms with Crippen LogP contribution < -0.4 is 4.74 Å². The zero-order chi connectivity index (χ0) is 12.1. The highest BCUT2D eigenvalue weighted by Crippen LogP contribution is 2.27. The van der Waals surface area contributed by atoms with Gasteiger partial charge in [0.25, 0.3) is 0 Å². The topological polar surface area (TPSA) is 21.6 Å². The van der Waals surface area contributed by atoms with Crippen LogP contribution in [0.5, 0.6) is 5.75 Å². The maximum absolute atomic E-state index is 5.14. The van der Waals surface area contributed by atoms with E-state index in [1.54, 1.807) is 7.11 Å². The van der Waals surface area contributed by atoms with Crippen LogP contribution in [0.4, 0.5) is 5.69 Å². The molecule has 0 bridgehead atoms. The number of benzene rings is 1. The number of nitrogens with zero attached hydrogens (tertiary/aromatic N) is 1. The molecule has 0 unspecified atom stereocenters. The van der Waals surface area contributed by atoms with E-state index in [0.717, 1.165) is 17.4 Å². The smallest absolute Gasteiger partial charge is 0.119 e. The number of rotatable bonds is 3. The van der Waals surface area contributed by atoms with Gasteiger partial charge in [-0.1, -0.05) is 13.3 Å². The minimum Gasteiger partial charge on any atom is -0.497 e. The van der Waals surface area contributed by atoms with E-state index in [1.165, 1.54) is 37.8 Å². The Morgan fingerprint density at radius 3 is 2.35 bits per heavy atom. The molecule has 0 radical (unpaired) electrons. The van der Waals surface area contributed by atoms with E-state index in [-0.39, 0.29) is 0 Å². The van der Waals surface area contributed by atoms with E-state index < -0.39 is 0 Å². The largest absolute Gasteiger partial charge is 0.497 e. The Kier molecular flexibility index (Phi) is 4.18. The number of methoxy groups -OCH3 is 1. The van der Waals surface area contributed by atoms with Gasteiger partial charge in [0.05, 0.1) is 12.8 Å². The Balaban J connectivity index is 1.99. The second-order valence-electron chi connectivity index (χ2n) is 4.73. The second kappa shape index (κ2) is 5.85. The molecule has 0 aliphatic heterocycles. The lowest BCUT2D eigenvalue weighted by atomic mass is 9.86. The van der Waals surface area contributed by atoms with E-state index in [2.05, 4.69) is 6.92 Å². The van der Waals surface area contributed by atoms with Crippen LogP contribution in [0.2, 0.25) is 0 Å². The normalized spacial score (nSPS) is 20.1. The number of ether oxygens (including phenoxy) is 1. The molecule has 1 saturated carbocycles. The molecule has 1 aliphatic carbocycles. The lowest BCUT2D eigenvalue weighted by molar-refractivity contribution is 0.415. The molecule has 1 fully saturated rings.